The first-order valence-corrected chi connectivity index (χ1v) is 8.24. The number of piperidine rings is 1. The lowest BCUT2D eigenvalue weighted by atomic mass is 10.1. The minimum atomic E-state index is -0.278. The van der Waals surface area contributed by atoms with Crippen molar-refractivity contribution in [2.45, 2.75) is 25.8 Å². The third kappa shape index (κ3) is 2.36. The minimum absolute atomic E-state index is 0.246. The summed E-state index contributed by atoms with van der Waals surface area (Å²) in [6, 6.07) is 3.28. The van der Waals surface area contributed by atoms with Crippen LogP contribution in [-0.4, -0.2) is 41.1 Å². The fraction of sp³-hybridized carbons (Fsp3) is 0.412. The van der Waals surface area contributed by atoms with Crippen molar-refractivity contribution < 1.29 is 4.39 Å². The Labute approximate surface area is 139 Å². The van der Waals surface area contributed by atoms with E-state index in [4.69, 9.17) is 5.73 Å². The van der Waals surface area contributed by atoms with Crippen molar-refractivity contribution in [3.05, 3.63) is 23.8 Å². The molecule has 1 aliphatic rings. The highest BCUT2D eigenvalue weighted by atomic mass is 19.1. The van der Waals surface area contributed by atoms with Crippen LogP contribution in [0, 0.1) is 12.7 Å². The van der Waals surface area contributed by atoms with E-state index in [1.807, 2.05) is 6.92 Å². The first-order chi connectivity index (χ1) is 11.6. The van der Waals surface area contributed by atoms with E-state index in [1.54, 1.807) is 13.1 Å². The van der Waals surface area contributed by atoms with Crippen molar-refractivity contribution in [3.8, 4) is 0 Å². The first kappa shape index (κ1) is 15.1. The van der Waals surface area contributed by atoms with E-state index >= 15 is 0 Å². The molecule has 0 radical (unpaired) electrons. The smallest absolute Gasteiger partial charge is 0.144 e. The number of benzene rings is 1. The lowest BCUT2D eigenvalue weighted by Gasteiger charge is -2.31. The van der Waals surface area contributed by atoms with Crippen molar-refractivity contribution in [2.24, 2.45) is 5.73 Å². The molecule has 2 aromatic heterocycles. The van der Waals surface area contributed by atoms with E-state index in [-0.39, 0.29) is 11.9 Å². The molecule has 0 bridgehead atoms. The number of H-pyrrole nitrogens is 1. The second kappa shape index (κ2) is 5.59. The molecule has 7 heteroatoms. The molecule has 0 amide bonds. The van der Waals surface area contributed by atoms with Crippen LogP contribution < -0.4 is 16.0 Å². The van der Waals surface area contributed by atoms with Crippen molar-refractivity contribution in [1.29, 1.82) is 0 Å². The number of nitrogens with one attached hydrogen (secondary N) is 2. The molecular formula is C17H21FN6. The van der Waals surface area contributed by atoms with Crippen LogP contribution in [0.1, 0.15) is 18.7 Å². The van der Waals surface area contributed by atoms with Gasteiger partial charge in [-0.05, 0) is 31.9 Å². The molecule has 1 aromatic carbocycles. The highest BCUT2D eigenvalue weighted by molar-refractivity contribution is 6.14. The molecule has 24 heavy (non-hydrogen) atoms. The molecular weight excluding hydrogens is 307 g/mol. The Kier molecular flexibility index (Phi) is 3.53. The molecule has 4 N–H and O–H groups in total. The van der Waals surface area contributed by atoms with Gasteiger partial charge in [0.15, 0.2) is 0 Å². The molecule has 1 aliphatic heterocycles. The number of nitrogens with two attached hydrogens (primary N) is 1. The number of hydrogen-bond acceptors (Lipinski definition) is 5. The van der Waals surface area contributed by atoms with Gasteiger partial charge in [0, 0.05) is 31.6 Å². The summed E-state index contributed by atoms with van der Waals surface area (Å²) in [4.78, 5) is 14.7. The maximum atomic E-state index is 14.1. The fourth-order valence-electron chi connectivity index (χ4n) is 3.49. The molecule has 126 valence electrons. The van der Waals surface area contributed by atoms with Crippen LogP contribution in [0.25, 0.3) is 21.9 Å². The molecule has 0 aliphatic carbocycles. The van der Waals surface area contributed by atoms with Gasteiger partial charge in [-0.25, -0.2) is 14.4 Å². The monoisotopic (exact) mass is 328 g/mol. The van der Waals surface area contributed by atoms with Gasteiger partial charge < -0.3 is 20.9 Å². The highest BCUT2D eigenvalue weighted by Crippen LogP contribution is 2.36. The Balaban J connectivity index is 1.99. The van der Waals surface area contributed by atoms with Gasteiger partial charge in [-0.3, -0.25) is 0 Å². The zero-order chi connectivity index (χ0) is 16.8. The minimum Gasteiger partial charge on any atom is -0.386 e. The molecule has 0 spiro atoms. The third-order valence-corrected chi connectivity index (χ3v) is 4.73. The van der Waals surface area contributed by atoms with E-state index in [2.05, 4.69) is 25.2 Å². The van der Waals surface area contributed by atoms with Gasteiger partial charge in [-0.15, -0.1) is 0 Å². The molecule has 3 heterocycles. The molecule has 3 aromatic rings. The van der Waals surface area contributed by atoms with Crippen LogP contribution in [0.5, 0.6) is 0 Å². The number of aromatic amines is 1. The Hall–Kier alpha value is -2.41. The standard InChI is InChI=1S/C17H21FN6/c1-9-21-16-14(17(22-9)24-5-3-11(19)4-6-24)12-7-10(18)8-13(20-2)15(12)23-16/h7-8,11,20H,3-6,19H2,1-2H3,(H,21,22,23). The zero-order valence-corrected chi connectivity index (χ0v) is 13.9. The summed E-state index contributed by atoms with van der Waals surface area (Å²) in [7, 11) is 1.78. The molecule has 0 atom stereocenters. The zero-order valence-electron chi connectivity index (χ0n) is 13.9. The van der Waals surface area contributed by atoms with Gasteiger partial charge in [-0.1, -0.05) is 0 Å². The number of aryl methyl sites for hydroxylation is 1. The predicted octanol–water partition coefficient (Wildman–Crippen LogP) is 2.53. The number of anilines is 2. The van der Waals surface area contributed by atoms with E-state index in [9.17, 15) is 4.39 Å². The summed E-state index contributed by atoms with van der Waals surface area (Å²) in [5, 5.41) is 4.72. The topological polar surface area (TPSA) is 82.9 Å². The third-order valence-electron chi connectivity index (χ3n) is 4.73. The number of fused-ring (bicyclic) bond motifs is 3. The van der Waals surface area contributed by atoms with Gasteiger partial charge in [0.2, 0.25) is 0 Å². The van der Waals surface area contributed by atoms with Gasteiger partial charge >= 0.3 is 0 Å². The Morgan fingerprint density at radius 2 is 2.04 bits per heavy atom. The van der Waals surface area contributed by atoms with Crippen LogP contribution in [0.2, 0.25) is 0 Å². The normalized spacial score (nSPS) is 16.2. The van der Waals surface area contributed by atoms with Crippen molar-refractivity contribution >= 4 is 33.4 Å². The van der Waals surface area contributed by atoms with Gasteiger partial charge in [0.05, 0.1) is 16.6 Å². The largest absolute Gasteiger partial charge is 0.386 e. The summed E-state index contributed by atoms with van der Waals surface area (Å²) in [6.07, 6.45) is 1.87. The predicted molar refractivity (Wildman–Crippen MR) is 95.1 cm³/mol. The summed E-state index contributed by atoms with van der Waals surface area (Å²) < 4.78 is 14.1. The molecule has 0 saturated carbocycles. The molecule has 6 nitrogen and oxygen atoms in total. The first-order valence-electron chi connectivity index (χ1n) is 8.24. The maximum absolute atomic E-state index is 14.1. The molecule has 1 saturated heterocycles. The van der Waals surface area contributed by atoms with E-state index in [0.29, 0.717) is 11.5 Å². The van der Waals surface area contributed by atoms with Crippen molar-refractivity contribution in [2.75, 3.05) is 30.4 Å². The van der Waals surface area contributed by atoms with Crippen LogP contribution in [-0.2, 0) is 0 Å². The van der Waals surface area contributed by atoms with Gasteiger partial charge in [0.1, 0.15) is 23.1 Å². The van der Waals surface area contributed by atoms with E-state index in [1.165, 1.54) is 6.07 Å². The number of nitrogens with zero attached hydrogens (tertiary/aromatic N) is 3. The summed E-state index contributed by atoms with van der Waals surface area (Å²) in [5.41, 5.74) is 8.33. The number of aromatic nitrogens is 3. The Bertz CT molecular complexity index is 910. The lowest BCUT2D eigenvalue weighted by molar-refractivity contribution is 0.499. The number of hydrogen-bond donors (Lipinski definition) is 3. The summed E-state index contributed by atoms with van der Waals surface area (Å²) >= 11 is 0. The number of rotatable bonds is 2. The SMILES string of the molecule is CNc1cc(F)cc2c1[nH]c1nc(C)nc(N3CCC(N)CC3)c12. The van der Waals surface area contributed by atoms with Gasteiger partial charge in [-0.2, -0.15) is 0 Å². The van der Waals surface area contributed by atoms with Crippen molar-refractivity contribution in [3.63, 3.8) is 0 Å². The number of halogens is 1. The van der Waals surface area contributed by atoms with E-state index in [0.717, 1.165) is 53.7 Å². The second-order valence-corrected chi connectivity index (χ2v) is 6.39. The highest BCUT2D eigenvalue weighted by Gasteiger charge is 2.23. The van der Waals surface area contributed by atoms with Crippen LogP contribution in [0.3, 0.4) is 0 Å². The summed E-state index contributed by atoms with van der Waals surface area (Å²) in [6.45, 7) is 3.59. The fourth-order valence-corrected chi connectivity index (χ4v) is 3.49. The molecule has 1 fully saturated rings. The van der Waals surface area contributed by atoms with E-state index < -0.39 is 0 Å². The Morgan fingerprint density at radius 3 is 2.75 bits per heavy atom. The molecule has 0 unspecified atom stereocenters. The van der Waals surface area contributed by atoms with Crippen LogP contribution >= 0.6 is 0 Å². The average Bonchev–Trinajstić information content (AvgIpc) is 2.92. The average molecular weight is 328 g/mol. The second-order valence-electron chi connectivity index (χ2n) is 6.39. The molecule has 4 rings (SSSR count). The quantitative estimate of drug-likeness (QED) is 0.673. The maximum Gasteiger partial charge on any atom is 0.144 e. The lowest BCUT2D eigenvalue weighted by Crippen LogP contribution is -2.40. The van der Waals surface area contributed by atoms with Crippen LogP contribution in [0.4, 0.5) is 15.9 Å². The summed E-state index contributed by atoms with van der Waals surface area (Å²) in [5.74, 6) is 1.29. The Morgan fingerprint density at radius 1 is 1.29 bits per heavy atom. The van der Waals surface area contributed by atoms with Crippen LogP contribution in [0.15, 0.2) is 12.1 Å². The van der Waals surface area contributed by atoms with Gasteiger partial charge in [0.25, 0.3) is 0 Å². The van der Waals surface area contributed by atoms with Crippen molar-refractivity contribution in [1.82, 2.24) is 15.0 Å².